The van der Waals surface area contributed by atoms with E-state index in [0.717, 1.165) is 27.2 Å². The van der Waals surface area contributed by atoms with Crippen molar-refractivity contribution in [3.05, 3.63) is 34.4 Å². The number of carbonyl (C=O) groups is 1. The highest BCUT2D eigenvalue weighted by Gasteiger charge is 2.16. The number of aromatic nitrogens is 2. The maximum Gasteiger partial charge on any atom is 0.303 e. The molecule has 1 aromatic heterocycles. The third-order valence-electron chi connectivity index (χ3n) is 2.73. The lowest BCUT2D eigenvalue weighted by atomic mass is 10.1. The lowest BCUT2D eigenvalue weighted by Gasteiger charge is -2.05. The van der Waals surface area contributed by atoms with E-state index >= 15 is 0 Å². The normalized spacial score (nSPS) is 10.4. The number of hydrogen-bond donors (Lipinski definition) is 2. The van der Waals surface area contributed by atoms with Gasteiger partial charge in [0, 0.05) is 12.0 Å². The molecule has 0 saturated heterocycles. The number of aryl methyl sites for hydroxylation is 1. The Morgan fingerprint density at radius 2 is 2.21 bits per heavy atom. The van der Waals surface area contributed by atoms with Gasteiger partial charge in [0.05, 0.1) is 23.7 Å². The van der Waals surface area contributed by atoms with Gasteiger partial charge in [0.1, 0.15) is 11.4 Å². The van der Waals surface area contributed by atoms with Gasteiger partial charge in [-0.1, -0.05) is 12.1 Å². The minimum Gasteiger partial charge on any atom is -0.496 e. The third-order valence-corrected chi connectivity index (χ3v) is 3.58. The van der Waals surface area contributed by atoms with Crippen molar-refractivity contribution in [2.75, 3.05) is 7.11 Å². The van der Waals surface area contributed by atoms with Crippen molar-refractivity contribution in [1.82, 2.24) is 10.2 Å². The summed E-state index contributed by atoms with van der Waals surface area (Å²) >= 11 is 3.46. The highest BCUT2D eigenvalue weighted by Crippen LogP contribution is 2.35. The topological polar surface area (TPSA) is 75.2 Å². The number of nitrogens with zero attached hydrogens (tertiary/aromatic N) is 1. The summed E-state index contributed by atoms with van der Waals surface area (Å²) in [5.41, 5.74) is 2.34. The smallest absolute Gasteiger partial charge is 0.303 e. The van der Waals surface area contributed by atoms with Gasteiger partial charge in [-0.05, 0) is 28.1 Å². The van der Waals surface area contributed by atoms with Gasteiger partial charge in [-0.2, -0.15) is 5.10 Å². The number of aromatic amines is 1. The first-order valence-corrected chi connectivity index (χ1v) is 6.50. The molecule has 0 spiro atoms. The molecule has 0 saturated carbocycles. The van der Waals surface area contributed by atoms with Gasteiger partial charge in [0.15, 0.2) is 0 Å². The lowest BCUT2D eigenvalue weighted by molar-refractivity contribution is -0.136. The number of carboxylic acids is 1. The van der Waals surface area contributed by atoms with E-state index in [0.29, 0.717) is 6.42 Å². The van der Waals surface area contributed by atoms with Crippen molar-refractivity contribution < 1.29 is 14.6 Å². The maximum atomic E-state index is 10.6. The first-order chi connectivity index (χ1) is 9.13. The average molecular weight is 325 g/mol. The summed E-state index contributed by atoms with van der Waals surface area (Å²) in [7, 11) is 1.60. The van der Waals surface area contributed by atoms with Crippen LogP contribution < -0.4 is 4.74 Å². The van der Waals surface area contributed by atoms with Crippen molar-refractivity contribution in [1.29, 1.82) is 0 Å². The minimum absolute atomic E-state index is 0.0617. The molecule has 0 aliphatic carbocycles. The molecule has 19 heavy (non-hydrogen) atoms. The zero-order valence-corrected chi connectivity index (χ0v) is 11.9. The third kappa shape index (κ3) is 2.96. The van der Waals surface area contributed by atoms with E-state index in [4.69, 9.17) is 9.84 Å². The molecule has 0 unspecified atom stereocenters. The van der Waals surface area contributed by atoms with Crippen molar-refractivity contribution in [3.8, 4) is 17.0 Å². The summed E-state index contributed by atoms with van der Waals surface area (Å²) in [5.74, 6) is -0.111. The van der Waals surface area contributed by atoms with Crippen molar-refractivity contribution >= 4 is 21.9 Å². The fourth-order valence-corrected chi connectivity index (χ4v) is 2.37. The molecule has 0 amide bonds. The molecule has 1 heterocycles. The molecule has 0 bridgehead atoms. The zero-order valence-electron chi connectivity index (χ0n) is 10.3. The van der Waals surface area contributed by atoms with Gasteiger partial charge >= 0.3 is 5.97 Å². The molecule has 1 aromatic carbocycles. The SMILES string of the molecule is COc1ccccc1-c1n[nH]c(CCC(=O)O)c1Br. The lowest BCUT2D eigenvalue weighted by Crippen LogP contribution is -1.98. The number of hydrogen-bond acceptors (Lipinski definition) is 3. The number of aliphatic carboxylic acids is 1. The molecular formula is C13H13BrN2O3. The molecule has 2 N–H and O–H groups in total. The Labute approximate surface area is 118 Å². The van der Waals surface area contributed by atoms with E-state index in [9.17, 15) is 4.79 Å². The quantitative estimate of drug-likeness (QED) is 0.886. The Kier molecular flexibility index (Phi) is 4.21. The van der Waals surface area contributed by atoms with Crippen LogP contribution in [0, 0.1) is 0 Å². The fourth-order valence-electron chi connectivity index (χ4n) is 1.78. The van der Waals surface area contributed by atoms with Crippen LogP contribution in [0.3, 0.4) is 0 Å². The van der Waals surface area contributed by atoms with E-state index in [1.807, 2.05) is 24.3 Å². The Morgan fingerprint density at radius 1 is 1.47 bits per heavy atom. The van der Waals surface area contributed by atoms with Crippen LogP contribution in [-0.4, -0.2) is 28.4 Å². The largest absolute Gasteiger partial charge is 0.496 e. The van der Waals surface area contributed by atoms with Gasteiger partial charge in [-0.25, -0.2) is 0 Å². The van der Waals surface area contributed by atoms with E-state index in [1.165, 1.54) is 0 Å². The summed E-state index contributed by atoms with van der Waals surface area (Å²) in [6.45, 7) is 0. The van der Waals surface area contributed by atoms with Crippen molar-refractivity contribution in [3.63, 3.8) is 0 Å². The van der Waals surface area contributed by atoms with Gasteiger partial charge in [0.25, 0.3) is 0 Å². The summed E-state index contributed by atoms with van der Waals surface area (Å²) < 4.78 is 6.07. The molecule has 0 radical (unpaired) electrons. The molecule has 0 aliphatic rings. The van der Waals surface area contributed by atoms with Crippen molar-refractivity contribution in [2.24, 2.45) is 0 Å². The molecular weight excluding hydrogens is 312 g/mol. The molecule has 2 aromatic rings. The van der Waals surface area contributed by atoms with Crippen LogP contribution >= 0.6 is 15.9 Å². The van der Waals surface area contributed by atoms with Crippen LogP contribution in [0.15, 0.2) is 28.7 Å². The van der Waals surface area contributed by atoms with Crippen LogP contribution in [0.2, 0.25) is 0 Å². The number of para-hydroxylation sites is 1. The Balaban J connectivity index is 2.33. The molecule has 0 atom stereocenters. The predicted molar refractivity (Wildman–Crippen MR) is 74.2 cm³/mol. The first kappa shape index (κ1) is 13.6. The number of rotatable bonds is 5. The van der Waals surface area contributed by atoms with Gasteiger partial charge in [-0.3, -0.25) is 9.89 Å². The predicted octanol–water partition coefficient (Wildman–Crippen LogP) is 2.87. The van der Waals surface area contributed by atoms with Crippen LogP contribution in [0.25, 0.3) is 11.3 Å². The number of benzene rings is 1. The second kappa shape index (κ2) is 5.88. The molecule has 0 fully saturated rings. The van der Waals surface area contributed by atoms with Gasteiger partial charge in [0.2, 0.25) is 0 Å². The number of methoxy groups -OCH3 is 1. The molecule has 2 rings (SSSR count). The van der Waals surface area contributed by atoms with E-state index in [1.54, 1.807) is 7.11 Å². The number of carboxylic acid groups (broad SMARTS) is 1. The Hall–Kier alpha value is -1.82. The molecule has 6 heteroatoms. The summed E-state index contributed by atoms with van der Waals surface area (Å²) in [4.78, 5) is 10.6. The van der Waals surface area contributed by atoms with E-state index in [-0.39, 0.29) is 6.42 Å². The van der Waals surface area contributed by atoms with Crippen LogP contribution in [0.5, 0.6) is 5.75 Å². The summed E-state index contributed by atoms with van der Waals surface area (Å²) in [5, 5.41) is 15.8. The number of H-pyrrole nitrogens is 1. The highest BCUT2D eigenvalue weighted by molar-refractivity contribution is 9.10. The van der Waals surface area contributed by atoms with Gasteiger partial charge in [-0.15, -0.1) is 0 Å². The monoisotopic (exact) mass is 324 g/mol. The average Bonchev–Trinajstić information content (AvgIpc) is 2.77. The number of nitrogens with one attached hydrogen (secondary N) is 1. The Morgan fingerprint density at radius 3 is 2.89 bits per heavy atom. The second-order valence-electron chi connectivity index (χ2n) is 3.96. The summed E-state index contributed by atoms with van der Waals surface area (Å²) in [6.07, 6.45) is 0.463. The standard InChI is InChI=1S/C13H13BrN2O3/c1-19-10-5-3-2-4-8(10)13-12(14)9(15-16-13)6-7-11(17)18/h2-5H,6-7H2,1H3,(H,15,16)(H,17,18). The van der Waals surface area contributed by atoms with E-state index < -0.39 is 5.97 Å². The molecule has 100 valence electrons. The zero-order chi connectivity index (χ0) is 13.8. The molecule has 5 nitrogen and oxygen atoms in total. The van der Waals surface area contributed by atoms with Crippen LogP contribution in [0.4, 0.5) is 0 Å². The van der Waals surface area contributed by atoms with E-state index in [2.05, 4.69) is 26.1 Å². The summed E-state index contributed by atoms with van der Waals surface area (Å²) in [6, 6.07) is 7.54. The minimum atomic E-state index is -0.833. The van der Waals surface area contributed by atoms with Crippen LogP contribution in [0.1, 0.15) is 12.1 Å². The first-order valence-electron chi connectivity index (χ1n) is 5.71. The van der Waals surface area contributed by atoms with Crippen LogP contribution in [-0.2, 0) is 11.2 Å². The number of halogens is 1. The second-order valence-corrected chi connectivity index (χ2v) is 4.75. The maximum absolute atomic E-state index is 10.6. The van der Waals surface area contributed by atoms with Crippen molar-refractivity contribution in [2.45, 2.75) is 12.8 Å². The number of ether oxygens (including phenoxy) is 1. The molecule has 0 aliphatic heterocycles. The highest BCUT2D eigenvalue weighted by atomic mass is 79.9. The van der Waals surface area contributed by atoms with Gasteiger partial charge < -0.3 is 9.84 Å². The Bertz CT molecular complexity index is 595. The fraction of sp³-hybridized carbons (Fsp3) is 0.231.